The summed E-state index contributed by atoms with van der Waals surface area (Å²) in [7, 11) is 0. The first-order valence-corrected chi connectivity index (χ1v) is 11.1. The number of carbonyl (C=O) groups excluding carboxylic acids is 2. The molecule has 7 heteroatoms. The van der Waals surface area contributed by atoms with Crippen molar-refractivity contribution in [3.63, 3.8) is 0 Å². The number of likely N-dealkylation sites (tertiary alicyclic amines) is 1. The molecule has 0 bridgehead atoms. The molecule has 3 aromatic rings. The van der Waals surface area contributed by atoms with Crippen LogP contribution >= 0.6 is 0 Å². The normalized spacial score (nSPS) is 18.6. The molecule has 1 atom stereocenters. The summed E-state index contributed by atoms with van der Waals surface area (Å²) in [6.07, 6.45) is 6.53. The summed E-state index contributed by atoms with van der Waals surface area (Å²) in [6.45, 7) is 3.00. The Morgan fingerprint density at radius 2 is 2.00 bits per heavy atom. The van der Waals surface area contributed by atoms with Gasteiger partial charge >= 0.3 is 5.97 Å². The molecule has 6 nitrogen and oxygen atoms in total. The summed E-state index contributed by atoms with van der Waals surface area (Å²) in [6, 6.07) is 12.0. The number of fused-ring (bicyclic) bond motifs is 1. The van der Waals surface area contributed by atoms with Crippen molar-refractivity contribution < 1.29 is 18.7 Å². The highest BCUT2D eigenvalue weighted by molar-refractivity contribution is 5.81. The third-order valence-electron chi connectivity index (χ3n) is 6.10. The number of hydrogen-bond donors (Lipinski definition) is 0. The Labute approximate surface area is 187 Å². The van der Waals surface area contributed by atoms with E-state index in [1.807, 2.05) is 35.0 Å². The molecule has 0 spiro atoms. The number of pyridine rings is 1. The predicted molar refractivity (Wildman–Crippen MR) is 118 cm³/mol. The summed E-state index contributed by atoms with van der Waals surface area (Å²) in [4.78, 5) is 32.4. The molecule has 1 aliphatic heterocycles. The quantitative estimate of drug-likeness (QED) is 0.527. The Morgan fingerprint density at radius 3 is 2.75 bits per heavy atom. The number of hydrogen-bond acceptors (Lipinski definition) is 4. The summed E-state index contributed by atoms with van der Waals surface area (Å²) in [5, 5.41) is 0. The third-order valence-corrected chi connectivity index (χ3v) is 6.10. The van der Waals surface area contributed by atoms with Crippen molar-refractivity contribution in [2.24, 2.45) is 5.41 Å². The first-order chi connectivity index (χ1) is 15.5. The summed E-state index contributed by atoms with van der Waals surface area (Å²) >= 11 is 0. The lowest BCUT2D eigenvalue weighted by Gasteiger charge is -2.41. The van der Waals surface area contributed by atoms with Crippen LogP contribution in [0.2, 0.25) is 0 Å². The maximum absolute atomic E-state index is 13.3. The lowest BCUT2D eigenvalue weighted by atomic mass is 9.75. The minimum absolute atomic E-state index is 0.00883. The predicted octanol–water partition coefficient (Wildman–Crippen LogP) is 3.82. The molecule has 1 saturated heterocycles. The van der Waals surface area contributed by atoms with E-state index in [-0.39, 0.29) is 24.3 Å². The van der Waals surface area contributed by atoms with Gasteiger partial charge in [-0.15, -0.1) is 0 Å². The Morgan fingerprint density at radius 1 is 1.19 bits per heavy atom. The van der Waals surface area contributed by atoms with Gasteiger partial charge in [0.2, 0.25) is 5.91 Å². The van der Waals surface area contributed by atoms with Crippen LogP contribution in [0.15, 0.2) is 54.9 Å². The molecular formula is C25H28FN3O3. The van der Waals surface area contributed by atoms with E-state index in [1.54, 1.807) is 24.0 Å². The van der Waals surface area contributed by atoms with Crippen molar-refractivity contribution in [1.29, 1.82) is 0 Å². The Kier molecular flexibility index (Phi) is 6.53. The summed E-state index contributed by atoms with van der Waals surface area (Å²) in [5.41, 5.74) is 1.77. The molecule has 0 saturated carbocycles. The first-order valence-electron chi connectivity index (χ1n) is 11.1. The van der Waals surface area contributed by atoms with Crippen LogP contribution in [0.3, 0.4) is 0 Å². The first kappa shape index (κ1) is 22.0. The highest BCUT2D eigenvalue weighted by Gasteiger charge is 2.44. The largest absolute Gasteiger partial charge is 0.466 e. The molecule has 1 fully saturated rings. The molecule has 0 N–H and O–H groups in total. The average Bonchev–Trinajstić information content (AvgIpc) is 3.22. The molecule has 3 heterocycles. The number of aromatic nitrogens is 2. The van der Waals surface area contributed by atoms with Crippen molar-refractivity contribution in [3.05, 3.63) is 71.9 Å². The second-order valence-corrected chi connectivity index (χ2v) is 8.42. The van der Waals surface area contributed by atoms with Gasteiger partial charge in [0, 0.05) is 31.9 Å². The minimum atomic E-state index is -0.815. The van der Waals surface area contributed by atoms with Gasteiger partial charge in [-0.05, 0) is 62.4 Å². The van der Waals surface area contributed by atoms with Gasteiger partial charge in [-0.1, -0.05) is 18.2 Å². The van der Waals surface area contributed by atoms with Gasteiger partial charge in [0.1, 0.15) is 11.5 Å². The smallest absolute Gasteiger partial charge is 0.314 e. The van der Waals surface area contributed by atoms with Crippen molar-refractivity contribution in [2.45, 2.75) is 39.0 Å². The number of imidazole rings is 1. The SMILES string of the molecule is CCOC(=O)C1(Cc2ccc(F)cc2)CCCN(C(=O)CCc2cn3ccccc3n2)C1. The van der Waals surface area contributed by atoms with Crippen LogP contribution < -0.4 is 0 Å². The second kappa shape index (κ2) is 9.51. The number of halogens is 1. The number of carbonyl (C=O) groups is 2. The van der Waals surface area contributed by atoms with Crippen LogP contribution in [-0.2, 0) is 27.2 Å². The Hall–Kier alpha value is -3.22. The fourth-order valence-electron chi connectivity index (χ4n) is 4.51. The van der Waals surface area contributed by atoms with E-state index in [4.69, 9.17) is 4.74 Å². The van der Waals surface area contributed by atoms with Crippen molar-refractivity contribution >= 4 is 17.5 Å². The standard InChI is InChI=1S/C25H28FN3O3/c1-2-32-24(31)25(16-19-7-9-20(26)10-8-19)13-5-15-29(18-25)23(30)12-11-21-17-28-14-4-3-6-22(28)27-21/h3-4,6-10,14,17H,2,5,11-13,15-16,18H2,1H3. The van der Waals surface area contributed by atoms with Crippen LogP contribution in [0.5, 0.6) is 0 Å². The van der Waals surface area contributed by atoms with Crippen molar-refractivity contribution in [2.75, 3.05) is 19.7 Å². The number of piperidine rings is 1. The van der Waals surface area contributed by atoms with Crippen LogP contribution in [0.4, 0.5) is 4.39 Å². The minimum Gasteiger partial charge on any atom is -0.466 e. The van der Waals surface area contributed by atoms with Crippen LogP contribution in [-0.4, -0.2) is 45.9 Å². The van der Waals surface area contributed by atoms with Gasteiger partial charge in [-0.25, -0.2) is 9.37 Å². The lowest BCUT2D eigenvalue weighted by Crippen LogP contribution is -2.51. The van der Waals surface area contributed by atoms with Gasteiger partial charge in [0.15, 0.2) is 0 Å². The van der Waals surface area contributed by atoms with Crippen molar-refractivity contribution in [3.8, 4) is 0 Å². The van der Waals surface area contributed by atoms with Gasteiger partial charge < -0.3 is 14.0 Å². The van der Waals surface area contributed by atoms with Gasteiger partial charge in [0.05, 0.1) is 17.7 Å². The van der Waals surface area contributed by atoms with Crippen LogP contribution in [0.25, 0.3) is 5.65 Å². The maximum atomic E-state index is 13.3. The number of rotatable bonds is 7. The molecule has 4 rings (SSSR count). The highest BCUT2D eigenvalue weighted by atomic mass is 19.1. The Bertz CT molecular complexity index is 1060. The molecule has 0 radical (unpaired) electrons. The molecule has 32 heavy (non-hydrogen) atoms. The molecule has 2 aromatic heterocycles. The number of esters is 1. The van der Waals surface area contributed by atoms with Gasteiger partial charge in [-0.3, -0.25) is 9.59 Å². The highest BCUT2D eigenvalue weighted by Crippen LogP contribution is 2.35. The monoisotopic (exact) mass is 437 g/mol. The topological polar surface area (TPSA) is 63.9 Å². The number of benzene rings is 1. The number of aryl methyl sites for hydroxylation is 1. The molecule has 1 amide bonds. The number of ether oxygens (including phenoxy) is 1. The van der Waals surface area contributed by atoms with Gasteiger partial charge in [0.25, 0.3) is 0 Å². The van der Waals surface area contributed by atoms with Crippen LogP contribution in [0.1, 0.15) is 37.4 Å². The summed E-state index contributed by atoms with van der Waals surface area (Å²) in [5.74, 6) is -0.594. The Balaban J connectivity index is 1.46. The molecule has 0 aliphatic carbocycles. The molecule has 1 aliphatic rings. The fourth-order valence-corrected chi connectivity index (χ4v) is 4.51. The van der Waals surface area contributed by atoms with E-state index < -0.39 is 5.41 Å². The fraction of sp³-hybridized carbons (Fsp3) is 0.400. The second-order valence-electron chi connectivity index (χ2n) is 8.42. The lowest BCUT2D eigenvalue weighted by molar-refractivity contribution is -0.160. The van der Waals surface area contributed by atoms with Crippen molar-refractivity contribution in [1.82, 2.24) is 14.3 Å². The zero-order chi connectivity index (χ0) is 22.6. The molecule has 168 valence electrons. The van der Waals surface area contributed by atoms with E-state index in [0.29, 0.717) is 38.8 Å². The number of nitrogens with zero attached hydrogens (tertiary/aromatic N) is 3. The maximum Gasteiger partial charge on any atom is 0.314 e. The molecule has 1 unspecified atom stereocenters. The third kappa shape index (κ3) is 4.82. The molecular weight excluding hydrogens is 409 g/mol. The average molecular weight is 438 g/mol. The van der Waals surface area contributed by atoms with E-state index in [1.165, 1.54) is 12.1 Å². The van der Waals surface area contributed by atoms with E-state index in [2.05, 4.69) is 4.98 Å². The zero-order valence-electron chi connectivity index (χ0n) is 18.3. The van der Waals surface area contributed by atoms with E-state index in [0.717, 1.165) is 23.3 Å². The van der Waals surface area contributed by atoms with Gasteiger partial charge in [-0.2, -0.15) is 0 Å². The van der Waals surface area contributed by atoms with E-state index in [9.17, 15) is 14.0 Å². The molecule has 1 aromatic carbocycles. The van der Waals surface area contributed by atoms with E-state index >= 15 is 0 Å². The zero-order valence-corrected chi connectivity index (χ0v) is 18.3. The summed E-state index contributed by atoms with van der Waals surface area (Å²) < 4.78 is 20.7. The number of amides is 1. The van der Waals surface area contributed by atoms with Crippen LogP contribution in [0, 0.1) is 11.2 Å².